The molecule has 4 N–H and O–H groups in total. The van der Waals surface area contributed by atoms with Crippen LogP contribution in [0.15, 0.2) is 18.2 Å². The van der Waals surface area contributed by atoms with Crippen molar-refractivity contribution in [3.63, 3.8) is 0 Å². The molecule has 0 heterocycles. The molecule has 1 rings (SSSR count). The summed E-state index contributed by atoms with van der Waals surface area (Å²) in [6, 6.07) is 5.58. The van der Waals surface area contributed by atoms with Crippen LogP contribution >= 0.6 is 24.8 Å². The van der Waals surface area contributed by atoms with Crippen LogP contribution in [0.4, 0.5) is 5.69 Å². The minimum atomic E-state index is 0. The monoisotopic (exact) mass is 292 g/mol. The predicted octanol–water partition coefficient (Wildman–Crippen LogP) is 2.84. The zero-order valence-electron chi connectivity index (χ0n) is 10.8. The van der Waals surface area contributed by atoms with E-state index >= 15 is 0 Å². The zero-order valence-corrected chi connectivity index (χ0v) is 12.4. The van der Waals surface area contributed by atoms with Crippen LogP contribution in [0, 0.1) is 5.92 Å². The molecule has 0 aromatic heterocycles. The maximum absolute atomic E-state index is 11.9. The SMILES string of the molecule is CC(C)CC(=O)c1cc(CCN)ccc1N.Cl.Cl. The number of nitrogens with two attached hydrogens (primary N) is 2. The highest BCUT2D eigenvalue weighted by Crippen LogP contribution is 2.18. The van der Waals surface area contributed by atoms with Crippen LogP contribution in [0.3, 0.4) is 0 Å². The van der Waals surface area contributed by atoms with E-state index in [0.29, 0.717) is 30.1 Å². The molecule has 0 bridgehead atoms. The van der Waals surface area contributed by atoms with Crippen LogP contribution in [-0.2, 0) is 6.42 Å². The van der Waals surface area contributed by atoms with Crippen molar-refractivity contribution in [1.82, 2.24) is 0 Å². The highest BCUT2D eigenvalue weighted by molar-refractivity contribution is 6.01. The third-order valence-electron chi connectivity index (χ3n) is 2.44. The molecule has 0 aliphatic rings. The summed E-state index contributed by atoms with van der Waals surface area (Å²) < 4.78 is 0. The number of hydrogen-bond acceptors (Lipinski definition) is 3. The lowest BCUT2D eigenvalue weighted by atomic mass is 9.97. The summed E-state index contributed by atoms with van der Waals surface area (Å²) in [7, 11) is 0. The van der Waals surface area contributed by atoms with Gasteiger partial charge >= 0.3 is 0 Å². The number of nitrogen functional groups attached to an aromatic ring is 1. The molecule has 5 heteroatoms. The van der Waals surface area contributed by atoms with Crippen LogP contribution < -0.4 is 11.5 Å². The molecule has 0 aliphatic carbocycles. The molecule has 0 spiro atoms. The largest absolute Gasteiger partial charge is 0.398 e. The second kappa shape index (κ2) is 9.20. The molecule has 0 unspecified atom stereocenters. The molecule has 1 aromatic rings. The normalized spacial score (nSPS) is 9.56. The quantitative estimate of drug-likeness (QED) is 0.648. The van der Waals surface area contributed by atoms with Gasteiger partial charge in [0.1, 0.15) is 0 Å². The van der Waals surface area contributed by atoms with Crippen LogP contribution in [0.1, 0.15) is 36.2 Å². The molecular weight excluding hydrogens is 271 g/mol. The molecule has 18 heavy (non-hydrogen) atoms. The minimum absolute atomic E-state index is 0. The van der Waals surface area contributed by atoms with Gasteiger partial charge in [0.15, 0.2) is 5.78 Å². The first-order chi connectivity index (χ1) is 7.54. The smallest absolute Gasteiger partial charge is 0.165 e. The molecule has 0 radical (unpaired) electrons. The van der Waals surface area contributed by atoms with E-state index in [4.69, 9.17) is 11.5 Å². The fraction of sp³-hybridized carbons (Fsp3) is 0.462. The fourth-order valence-corrected chi connectivity index (χ4v) is 1.65. The molecule has 1 aromatic carbocycles. The Morgan fingerprint density at radius 3 is 2.39 bits per heavy atom. The number of carbonyl (C=O) groups is 1. The predicted molar refractivity (Wildman–Crippen MR) is 81.9 cm³/mol. The van der Waals surface area contributed by atoms with E-state index in [1.54, 1.807) is 6.07 Å². The van der Waals surface area contributed by atoms with Crippen molar-refractivity contribution >= 4 is 36.3 Å². The van der Waals surface area contributed by atoms with Gasteiger partial charge in [-0.2, -0.15) is 0 Å². The summed E-state index contributed by atoms with van der Waals surface area (Å²) in [6.07, 6.45) is 1.32. The Labute approximate surface area is 121 Å². The highest BCUT2D eigenvalue weighted by Gasteiger charge is 2.12. The molecule has 0 fully saturated rings. The number of anilines is 1. The first-order valence-electron chi connectivity index (χ1n) is 5.66. The Hall–Kier alpha value is -0.770. The number of hydrogen-bond donors (Lipinski definition) is 2. The van der Waals surface area contributed by atoms with Crippen molar-refractivity contribution in [2.45, 2.75) is 26.7 Å². The average Bonchev–Trinajstić information content (AvgIpc) is 2.20. The second-order valence-corrected chi connectivity index (χ2v) is 4.48. The molecule has 0 saturated heterocycles. The number of carbonyl (C=O) groups excluding carboxylic acids is 1. The van der Waals surface area contributed by atoms with Crippen molar-refractivity contribution in [2.24, 2.45) is 11.7 Å². The highest BCUT2D eigenvalue weighted by atomic mass is 35.5. The number of ketones is 1. The van der Waals surface area contributed by atoms with E-state index < -0.39 is 0 Å². The lowest BCUT2D eigenvalue weighted by Crippen LogP contribution is -2.09. The first kappa shape index (κ1) is 19.6. The first-order valence-corrected chi connectivity index (χ1v) is 5.66. The van der Waals surface area contributed by atoms with Crippen LogP contribution in [0.25, 0.3) is 0 Å². The molecule has 0 saturated carbocycles. The van der Waals surface area contributed by atoms with Gasteiger partial charge in [-0.15, -0.1) is 24.8 Å². The molecule has 0 amide bonds. The summed E-state index contributed by atoms with van der Waals surface area (Å²) >= 11 is 0. The number of Topliss-reactive ketones (excluding diaryl/α,β-unsaturated/α-hetero) is 1. The number of rotatable bonds is 5. The fourth-order valence-electron chi connectivity index (χ4n) is 1.65. The van der Waals surface area contributed by atoms with Crippen molar-refractivity contribution < 1.29 is 4.79 Å². The number of benzene rings is 1. The topological polar surface area (TPSA) is 69.1 Å². The molecule has 0 atom stereocenters. The van der Waals surface area contributed by atoms with Gasteiger partial charge < -0.3 is 11.5 Å². The number of halogens is 2. The average molecular weight is 293 g/mol. The Morgan fingerprint density at radius 2 is 1.89 bits per heavy atom. The van der Waals surface area contributed by atoms with Gasteiger partial charge in [-0.1, -0.05) is 19.9 Å². The van der Waals surface area contributed by atoms with Gasteiger partial charge in [0.2, 0.25) is 0 Å². The summed E-state index contributed by atoms with van der Waals surface area (Å²) in [5, 5.41) is 0. The van der Waals surface area contributed by atoms with Gasteiger partial charge in [-0.3, -0.25) is 4.79 Å². The Kier molecular flexibility index (Phi) is 10.00. The minimum Gasteiger partial charge on any atom is -0.398 e. The van der Waals surface area contributed by atoms with E-state index in [1.165, 1.54) is 0 Å². The second-order valence-electron chi connectivity index (χ2n) is 4.48. The van der Waals surface area contributed by atoms with Crippen LogP contribution in [-0.4, -0.2) is 12.3 Å². The molecular formula is C13H22Cl2N2O. The Balaban J connectivity index is 0. The third kappa shape index (κ3) is 5.71. The summed E-state index contributed by atoms with van der Waals surface area (Å²) in [6.45, 7) is 4.64. The standard InChI is InChI=1S/C13H20N2O.2ClH/c1-9(2)7-13(16)11-8-10(5-6-14)3-4-12(11)15;;/h3-4,8-9H,5-7,14-15H2,1-2H3;2*1H. The van der Waals surface area contributed by atoms with Crippen molar-refractivity contribution in [2.75, 3.05) is 12.3 Å². The van der Waals surface area contributed by atoms with Gasteiger partial charge in [-0.05, 0) is 36.6 Å². The molecule has 3 nitrogen and oxygen atoms in total. The summed E-state index contributed by atoms with van der Waals surface area (Å²) in [4.78, 5) is 11.9. The van der Waals surface area contributed by atoms with Crippen molar-refractivity contribution in [3.05, 3.63) is 29.3 Å². The van der Waals surface area contributed by atoms with Gasteiger partial charge in [0, 0.05) is 17.7 Å². The van der Waals surface area contributed by atoms with Crippen LogP contribution in [0.2, 0.25) is 0 Å². The van der Waals surface area contributed by atoms with Gasteiger partial charge in [0.25, 0.3) is 0 Å². The van der Waals surface area contributed by atoms with E-state index in [1.807, 2.05) is 26.0 Å². The summed E-state index contributed by atoms with van der Waals surface area (Å²) in [5.74, 6) is 0.469. The van der Waals surface area contributed by atoms with Gasteiger partial charge in [-0.25, -0.2) is 0 Å². The van der Waals surface area contributed by atoms with Crippen LogP contribution in [0.5, 0.6) is 0 Å². The summed E-state index contributed by atoms with van der Waals surface area (Å²) in [5.41, 5.74) is 13.6. The maximum atomic E-state index is 11.9. The molecule has 104 valence electrons. The third-order valence-corrected chi connectivity index (χ3v) is 2.44. The van der Waals surface area contributed by atoms with Gasteiger partial charge in [0.05, 0.1) is 0 Å². The Bertz CT molecular complexity index is 381. The zero-order chi connectivity index (χ0) is 12.1. The van der Waals surface area contributed by atoms with Crippen molar-refractivity contribution in [1.29, 1.82) is 0 Å². The van der Waals surface area contributed by atoms with E-state index in [2.05, 4.69) is 0 Å². The van der Waals surface area contributed by atoms with E-state index in [9.17, 15) is 4.79 Å². The lowest BCUT2D eigenvalue weighted by molar-refractivity contribution is 0.0968. The Morgan fingerprint density at radius 1 is 1.28 bits per heavy atom. The lowest BCUT2D eigenvalue weighted by Gasteiger charge is -2.09. The molecule has 0 aliphatic heterocycles. The van der Waals surface area contributed by atoms with Crippen molar-refractivity contribution in [3.8, 4) is 0 Å². The maximum Gasteiger partial charge on any atom is 0.165 e. The van der Waals surface area contributed by atoms with E-state index in [-0.39, 0.29) is 30.6 Å². The van der Waals surface area contributed by atoms with E-state index in [0.717, 1.165) is 12.0 Å².